The van der Waals surface area contributed by atoms with Gasteiger partial charge in [0.25, 0.3) is 11.5 Å². The number of aromatic nitrogens is 3. The third-order valence-corrected chi connectivity index (χ3v) is 8.09. The molecule has 1 aromatic carbocycles. The maximum Gasteiger partial charge on any atom is 0.269 e. The second kappa shape index (κ2) is 9.55. The van der Waals surface area contributed by atoms with Crippen LogP contribution >= 0.6 is 0 Å². The van der Waals surface area contributed by atoms with Gasteiger partial charge in [0, 0.05) is 30.8 Å². The van der Waals surface area contributed by atoms with Crippen LogP contribution < -0.4 is 30.4 Å². The number of carbonyl (C=O) groups is 1. The number of hydrogen-bond acceptors (Lipinski definition) is 9. The Hall–Kier alpha value is -3.70. The van der Waals surface area contributed by atoms with Crippen molar-refractivity contribution in [1.29, 1.82) is 0 Å². The van der Waals surface area contributed by atoms with E-state index < -0.39 is 0 Å². The molecule has 3 aliphatic heterocycles. The minimum Gasteiger partial charge on any atom is -0.493 e. The summed E-state index contributed by atoms with van der Waals surface area (Å²) in [6.07, 6.45) is 5.88. The van der Waals surface area contributed by atoms with E-state index in [1.54, 1.807) is 24.9 Å². The fourth-order valence-corrected chi connectivity index (χ4v) is 5.73. The minimum absolute atomic E-state index is 0.0173. The lowest BCUT2D eigenvalue weighted by Crippen LogP contribution is -2.61. The lowest BCUT2D eigenvalue weighted by Gasteiger charge is -2.53. The van der Waals surface area contributed by atoms with E-state index in [1.807, 2.05) is 18.2 Å². The average molecular weight is 522 g/mol. The predicted molar refractivity (Wildman–Crippen MR) is 139 cm³/mol. The molecule has 5 heterocycles. The van der Waals surface area contributed by atoms with Crippen molar-refractivity contribution in [1.82, 2.24) is 19.9 Å². The van der Waals surface area contributed by atoms with Gasteiger partial charge in [0.1, 0.15) is 0 Å². The molecular weight excluding hydrogens is 490 g/mol. The Morgan fingerprint density at radius 3 is 2.63 bits per heavy atom. The first-order chi connectivity index (χ1) is 18.4. The smallest absolute Gasteiger partial charge is 0.269 e. The molecule has 2 saturated heterocycles. The Kier molecular flexibility index (Phi) is 6.19. The quantitative estimate of drug-likeness (QED) is 0.460. The number of benzene rings is 1. The zero-order chi connectivity index (χ0) is 26.3. The summed E-state index contributed by atoms with van der Waals surface area (Å²) >= 11 is 0. The van der Waals surface area contributed by atoms with E-state index in [2.05, 4.69) is 20.6 Å². The van der Waals surface area contributed by atoms with E-state index in [0.29, 0.717) is 53.8 Å². The van der Waals surface area contributed by atoms with Crippen LogP contribution in [0.1, 0.15) is 37.8 Å². The highest BCUT2D eigenvalue weighted by Gasteiger charge is 2.49. The molecule has 0 unspecified atom stereocenters. The molecule has 2 bridgehead atoms. The van der Waals surface area contributed by atoms with Gasteiger partial charge in [-0.15, -0.1) is 0 Å². The summed E-state index contributed by atoms with van der Waals surface area (Å²) in [6, 6.07) is 7.36. The van der Waals surface area contributed by atoms with Gasteiger partial charge in [-0.05, 0) is 44.2 Å². The first-order valence-electron chi connectivity index (χ1n) is 12.8. The van der Waals surface area contributed by atoms with Crippen LogP contribution in [-0.4, -0.2) is 59.0 Å². The highest BCUT2D eigenvalue weighted by atomic mass is 16.5. The van der Waals surface area contributed by atoms with Gasteiger partial charge in [-0.25, -0.2) is 9.97 Å². The van der Waals surface area contributed by atoms with Crippen LogP contribution in [0.4, 0.5) is 5.82 Å². The molecule has 38 heavy (non-hydrogen) atoms. The van der Waals surface area contributed by atoms with Gasteiger partial charge >= 0.3 is 0 Å². The number of nitrogens with one attached hydrogen (secondary N) is 2. The summed E-state index contributed by atoms with van der Waals surface area (Å²) in [5, 5.41) is 6.43. The summed E-state index contributed by atoms with van der Waals surface area (Å²) in [4.78, 5) is 33.2. The second-order valence-corrected chi connectivity index (χ2v) is 10.3. The highest BCUT2D eigenvalue weighted by molar-refractivity contribution is 5.94. The molecule has 0 spiro atoms. The number of fused-ring (bicyclic) bond motifs is 5. The second-order valence-electron chi connectivity index (χ2n) is 10.3. The molecule has 11 heteroatoms. The molecule has 2 aromatic heterocycles. The first-order valence-corrected chi connectivity index (χ1v) is 12.8. The summed E-state index contributed by atoms with van der Waals surface area (Å²) in [7, 11) is 3.16. The first kappa shape index (κ1) is 24.6. The molecule has 4 aliphatic rings. The SMILES string of the molecule is COc1cc2ncc(=O)n(CCC34CCC(NCc5ccc6c(n5)NC(=O)CO6)(CC3)CO4)c2cc1OC. The number of carbonyl (C=O) groups excluding carboxylic acids is 1. The van der Waals surface area contributed by atoms with Crippen molar-refractivity contribution in [2.45, 2.75) is 56.3 Å². The van der Waals surface area contributed by atoms with E-state index in [0.717, 1.165) is 37.8 Å². The average Bonchev–Trinajstić information content (AvgIpc) is 2.95. The molecule has 200 valence electrons. The Balaban J connectivity index is 1.11. The maximum absolute atomic E-state index is 12.8. The van der Waals surface area contributed by atoms with Gasteiger partial charge in [-0.1, -0.05) is 0 Å². The molecule has 0 radical (unpaired) electrons. The van der Waals surface area contributed by atoms with Crippen LogP contribution in [0.2, 0.25) is 0 Å². The van der Waals surface area contributed by atoms with Gasteiger partial charge in [0.15, 0.2) is 29.7 Å². The van der Waals surface area contributed by atoms with Crippen molar-refractivity contribution in [2.24, 2.45) is 0 Å². The monoisotopic (exact) mass is 521 g/mol. The van der Waals surface area contributed by atoms with Crippen molar-refractivity contribution in [3.63, 3.8) is 0 Å². The number of anilines is 1. The van der Waals surface area contributed by atoms with Gasteiger partial charge in [-0.2, -0.15) is 0 Å². The van der Waals surface area contributed by atoms with E-state index in [1.165, 1.54) is 6.20 Å². The molecule has 2 N–H and O–H groups in total. The zero-order valence-electron chi connectivity index (χ0n) is 21.5. The largest absolute Gasteiger partial charge is 0.493 e. The molecule has 11 nitrogen and oxygen atoms in total. The molecule has 7 rings (SSSR count). The molecule has 1 amide bonds. The number of ether oxygens (including phenoxy) is 4. The van der Waals surface area contributed by atoms with Gasteiger partial charge in [0.2, 0.25) is 0 Å². The number of hydrogen-bond donors (Lipinski definition) is 2. The lowest BCUT2D eigenvalue weighted by atomic mass is 9.70. The lowest BCUT2D eigenvalue weighted by molar-refractivity contribution is -0.167. The summed E-state index contributed by atoms with van der Waals surface area (Å²) in [6.45, 7) is 1.72. The fraction of sp³-hybridized carbons (Fsp3) is 0.481. The van der Waals surface area contributed by atoms with Crippen molar-refractivity contribution in [3.05, 3.63) is 46.5 Å². The normalized spacial score (nSPS) is 24.0. The summed E-state index contributed by atoms with van der Waals surface area (Å²) in [5.41, 5.74) is 1.72. The fourth-order valence-electron chi connectivity index (χ4n) is 5.73. The molecular formula is C27H31N5O6. The van der Waals surface area contributed by atoms with Crippen LogP contribution in [0.3, 0.4) is 0 Å². The van der Waals surface area contributed by atoms with E-state index in [4.69, 9.17) is 18.9 Å². The standard InChI is InChI=1S/C27H31N5O6/c1-35-21-11-18-19(12-22(21)36-2)32(24(34)14-28-18)10-9-27-7-5-26(6-8-27,16-38-27)29-13-17-3-4-20-25(30-17)31-23(33)15-37-20/h3-4,11-12,14,29H,5-10,13,15-16H2,1-2H3,(H,30,31,33). The number of amides is 1. The van der Waals surface area contributed by atoms with Gasteiger partial charge in [-0.3, -0.25) is 9.59 Å². The topological polar surface area (TPSA) is 126 Å². The number of pyridine rings is 1. The van der Waals surface area contributed by atoms with Crippen LogP contribution in [-0.2, 0) is 22.6 Å². The molecule has 3 aromatic rings. The van der Waals surface area contributed by atoms with Crippen molar-refractivity contribution >= 4 is 22.8 Å². The van der Waals surface area contributed by atoms with Crippen molar-refractivity contribution < 1.29 is 23.7 Å². The van der Waals surface area contributed by atoms with E-state index >= 15 is 0 Å². The van der Waals surface area contributed by atoms with E-state index in [-0.39, 0.29) is 29.2 Å². The number of methoxy groups -OCH3 is 2. The molecule has 1 saturated carbocycles. The highest BCUT2D eigenvalue weighted by Crippen LogP contribution is 2.46. The van der Waals surface area contributed by atoms with Crippen molar-refractivity contribution in [2.75, 3.05) is 32.8 Å². The van der Waals surface area contributed by atoms with Crippen LogP contribution in [0.25, 0.3) is 11.0 Å². The molecule has 3 fully saturated rings. The number of rotatable bonds is 8. The van der Waals surface area contributed by atoms with Crippen molar-refractivity contribution in [3.8, 4) is 17.2 Å². The Morgan fingerprint density at radius 2 is 1.89 bits per heavy atom. The van der Waals surface area contributed by atoms with Crippen LogP contribution in [0.15, 0.2) is 35.3 Å². The molecule has 0 atom stereocenters. The Labute approximate surface area is 219 Å². The van der Waals surface area contributed by atoms with E-state index in [9.17, 15) is 9.59 Å². The Bertz CT molecular complexity index is 1430. The maximum atomic E-state index is 12.8. The predicted octanol–water partition coefficient (Wildman–Crippen LogP) is 2.40. The minimum atomic E-state index is -0.249. The summed E-state index contributed by atoms with van der Waals surface area (Å²) < 4.78 is 24.5. The molecule has 1 aliphatic carbocycles. The Morgan fingerprint density at radius 1 is 1.11 bits per heavy atom. The number of nitrogens with zero attached hydrogens (tertiary/aromatic N) is 3. The van der Waals surface area contributed by atoms with Crippen LogP contribution in [0.5, 0.6) is 17.2 Å². The van der Waals surface area contributed by atoms with Crippen LogP contribution in [0, 0.1) is 0 Å². The third-order valence-electron chi connectivity index (χ3n) is 8.09. The zero-order valence-corrected chi connectivity index (χ0v) is 21.5. The van der Waals surface area contributed by atoms with Gasteiger partial charge < -0.3 is 34.1 Å². The van der Waals surface area contributed by atoms with Gasteiger partial charge in [0.05, 0.1) is 49.4 Å². The summed E-state index contributed by atoms with van der Waals surface area (Å²) in [5.74, 6) is 2.00. The number of aryl methyl sites for hydroxylation is 1. The third kappa shape index (κ3) is 4.45.